The van der Waals surface area contributed by atoms with Gasteiger partial charge in [-0.2, -0.15) is 4.98 Å². The summed E-state index contributed by atoms with van der Waals surface area (Å²) in [6.45, 7) is 4.48. The summed E-state index contributed by atoms with van der Waals surface area (Å²) in [6.07, 6.45) is 6.28. The molecule has 0 aliphatic carbocycles. The highest BCUT2D eigenvalue weighted by Crippen LogP contribution is 2.05. The Balaban J connectivity index is 1.81. The number of anilines is 2. The van der Waals surface area contributed by atoms with Gasteiger partial charge in [0, 0.05) is 25.5 Å². The number of nitrogens with one attached hydrogen (secondary N) is 2. The predicted octanol–water partition coefficient (Wildman–Crippen LogP) is 1.00. The van der Waals surface area contributed by atoms with Crippen molar-refractivity contribution in [3.8, 4) is 0 Å². The SMILES string of the molecule is CCCNc1nccc(NCCn2ccnn2)n1. The van der Waals surface area contributed by atoms with Crippen LogP contribution in [0.2, 0.25) is 0 Å². The summed E-state index contributed by atoms with van der Waals surface area (Å²) in [6, 6.07) is 1.85. The maximum absolute atomic E-state index is 4.35. The molecule has 2 aromatic heterocycles. The predicted molar refractivity (Wildman–Crippen MR) is 69.3 cm³/mol. The van der Waals surface area contributed by atoms with Gasteiger partial charge in [-0.1, -0.05) is 12.1 Å². The lowest BCUT2D eigenvalue weighted by atomic mass is 10.5. The Hall–Kier alpha value is -2.18. The van der Waals surface area contributed by atoms with Gasteiger partial charge in [-0.05, 0) is 12.5 Å². The van der Waals surface area contributed by atoms with E-state index in [2.05, 4.69) is 37.8 Å². The average molecular weight is 247 g/mol. The maximum Gasteiger partial charge on any atom is 0.224 e. The quantitative estimate of drug-likeness (QED) is 0.759. The number of aromatic nitrogens is 5. The topological polar surface area (TPSA) is 80.5 Å². The van der Waals surface area contributed by atoms with Crippen LogP contribution in [0.5, 0.6) is 0 Å². The molecule has 2 heterocycles. The fourth-order valence-corrected chi connectivity index (χ4v) is 1.43. The van der Waals surface area contributed by atoms with Crippen LogP contribution in [0.4, 0.5) is 11.8 Å². The van der Waals surface area contributed by atoms with Crippen LogP contribution in [0.25, 0.3) is 0 Å². The molecule has 0 aromatic carbocycles. The molecule has 0 atom stereocenters. The maximum atomic E-state index is 4.35. The molecule has 0 fully saturated rings. The first-order valence-electron chi connectivity index (χ1n) is 6.03. The Morgan fingerprint density at radius 3 is 2.94 bits per heavy atom. The van der Waals surface area contributed by atoms with Gasteiger partial charge in [0.25, 0.3) is 0 Å². The highest BCUT2D eigenvalue weighted by Gasteiger charge is 1.98. The van der Waals surface area contributed by atoms with Crippen LogP contribution in [0.3, 0.4) is 0 Å². The second-order valence-corrected chi connectivity index (χ2v) is 3.79. The second kappa shape index (κ2) is 6.53. The first-order chi connectivity index (χ1) is 8.88. The third-order valence-corrected chi connectivity index (χ3v) is 2.31. The molecule has 18 heavy (non-hydrogen) atoms. The van der Waals surface area contributed by atoms with Crippen molar-refractivity contribution in [2.75, 3.05) is 23.7 Å². The largest absolute Gasteiger partial charge is 0.368 e. The number of hydrogen-bond acceptors (Lipinski definition) is 6. The lowest BCUT2D eigenvalue weighted by Crippen LogP contribution is -2.13. The summed E-state index contributed by atoms with van der Waals surface area (Å²) in [5.74, 6) is 1.46. The van der Waals surface area contributed by atoms with Crippen LogP contribution in [-0.4, -0.2) is 38.1 Å². The fourth-order valence-electron chi connectivity index (χ4n) is 1.43. The molecule has 7 nitrogen and oxygen atoms in total. The van der Waals surface area contributed by atoms with Crippen molar-refractivity contribution in [3.05, 3.63) is 24.7 Å². The van der Waals surface area contributed by atoms with Gasteiger partial charge in [0.2, 0.25) is 5.95 Å². The average Bonchev–Trinajstić information content (AvgIpc) is 2.90. The molecule has 0 aliphatic rings. The van der Waals surface area contributed by atoms with E-state index >= 15 is 0 Å². The molecule has 2 rings (SSSR count). The van der Waals surface area contributed by atoms with Gasteiger partial charge in [0.05, 0.1) is 12.7 Å². The minimum absolute atomic E-state index is 0.655. The minimum Gasteiger partial charge on any atom is -0.368 e. The lowest BCUT2D eigenvalue weighted by molar-refractivity contribution is 0.608. The van der Waals surface area contributed by atoms with Crippen LogP contribution < -0.4 is 10.6 Å². The summed E-state index contributed by atoms with van der Waals surface area (Å²) in [5.41, 5.74) is 0. The van der Waals surface area contributed by atoms with Gasteiger partial charge in [-0.3, -0.25) is 4.68 Å². The fraction of sp³-hybridized carbons (Fsp3) is 0.455. The van der Waals surface area contributed by atoms with Crippen molar-refractivity contribution in [3.63, 3.8) is 0 Å². The molecule has 0 spiro atoms. The molecule has 0 saturated carbocycles. The van der Waals surface area contributed by atoms with Crippen molar-refractivity contribution >= 4 is 11.8 Å². The van der Waals surface area contributed by atoms with Crippen molar-refractivity contribution in [1.82, 2.24) is 25.0 Å². The molecule has 2 N–H and O–H groups in total. The van der Waals surface area contributed by atoms with E-state index in [1.54, 1.807) is 17.1 Å². The zero-order chi connectivity index (χ0) is 12.6. The Labute approximate surface area is 106 Å². The molecule has 2 aromatic rings. The molecular weight excluding hydrogens is 230 g/mol. The van der Waals surface area contributed by atoms with Gasteiger partial charge in [-0.25, -0.2) is 4.98 Å². The summed E-state index contributed by atoms with van der Waals surface area (Å²) in [5, 5.41) is 14.0. The highest BCUT2D eigenvalue weighted by molar-refractivity contribution is 5.39. The zero-order valence-electron chi connectivity index (χ0n) is 10.4. The Bertz CT molecular complexity index is 454. The Morgan fingerprint density at radius 1 is 1.22 bits per heavy atom. The van der Waals surface area contributed by atoms with Crippen LogP contribution in [-0.2, 0) is 6.54 Å². The zero-order valence-corrected chi connectivity index (χ0v) is 10.4. The van der Waals surface area contributed by atoms with E-state index in [4.69, 9.17) is 0 Å². The van der Waals surface area contributed by atoms with E-state index in [9.17, 15) is 0 Å². The first kappa shape index (κ1) is 12.3. The third kappa shape index (κ3) is 3.69. The normalized spacial score (nSPS) is 10.3. The smallest absolute Gasteiger partial charge is 0.224 e. The monoisotopic (exact) mass is 247 g/mol. The van der Waals surface area contributed by atoms with Crippen LogP contribution in [0, 0.1) is 0 Å². The van der Waals surface area contributed by atoms with Crippen molar-refractivity contribution in [2.45, 2.75) is 19.9 Å². The Kier molecular flexibility index (Phi) is 4.46. The summed E-state index contributed by atoms with van der Waals surface area (Å²) in [7, 11) is 0. The van der Waals surface area contributed by atoms with E-state index in [0.29, 0.717) is 5.95 Å². The molecule has 0 aliphatic heterocycles. The van der Waals surface area contributed by atoms with Crippen molar-refractivity contribution < 1.29 is 0 Å². The molecule has 0 radical (unpaired) electrons. The minimum atomic E-state index is 0.655. The summed E-state index contributed by atoms with van der Waals surface area (Å²) >= 11 is 0. The van der Waals surface area contributed by atoms with Gasteiger partial charge in [0.1, 0.15) is 5.82 Å². The molecule has 0 saturated heterocycles. The summed E-state index contributed by atoms with van der Waals surface area (Å²) in [4.78, 5) is 8.50. The number of nitrogens with zero attached hydrogens (tertiary/aromatic N) is 5. The van der Waals surface area contributed by atoms with E-state index in [1.165, 1.54) is 0 Å². The van der Waals surface area contributed by atoms with Crippen LogP contribution in [0.1, 0.15) is 13.3 Å². The van der Waals surface area contributed by atoms with E-state index in [1.807, 2.05) is 12.3 Å². The molecule has 0 bridgehead atoms. The van der Waals surface area contributed by atoms with Gasteiger partial charge in [0.15, 0.2) is 0 Å². The molecule has 0 unspecified atom stereocenters. The molecular formula is C11H17N7. The van der Waals surface area contributed by atoms with Gasteiger partial charge >= 0.3 is 0 Å². The number of rotatable bonds is 7. The second-order valence-electron chi connectivity index (χ2n) is 3.79. The Morgan fingerprint density at radius 2 is 2.17 bits per heavy atom. The van der Waals surface area contributed by atoms with Crippen LogP contribution in [0.15, 0.2) is 24.7 Å². The summed E-state index contributed by atoms with van der Waals surface area (Å²) < 4.78 is 1.77. The molecule has 96 valence electrons. The number of hydrogen-bond donors (Lipinski definition) is 2. The van der Waals surface area contributed by atoms with E-state index in [0.717, 1.165) is 31.9 Å². The molecule has 0 amide bonds. The lowest BCUT2D eigenvalue weighted by Gasteiger charge is -2.07. The van der Waals surface area contributed by atoms with E-state index < -0.39 is 0 Å². The molecule has 7 heteroatoms. The van der Waals surface area contributed by atoms with Crippen LogP contribution >= 0.6 is 0 Å². The van der Waals surface area contributed by atoms with Gasteiger partial charge in [-0.15, -0.1) is 5.10 Å². The highest BCUT2D eigenvalue weighted by atomic mass is 15.4. The first-order valence-corrected chi connectivity index (χ1v) is 6.03. The third-order valence-electron chi connectivity index (χ3n) is 2.31. The standard InChI is InChI=1S/C11H17N7/c1-2-4-13-11-14-5-3-10(16-11)12-6-8-18-9-7-15-17-18/h3,5,7,9H,2,4,6,8H2,1H3,(H2,12,13,14,16). The van der Waals surface area contributed by atoms with Crippen molar-refractivity contribution in [2.24, 2.45) is 0 Å². The van der Waals surface area contributed by atoms with E-state index in [-0.39, 0.29) is 0 Å². The van der Waals surface area contributed by atoms with Gasteiger partial charge < -0.3 is 10.6 Å². The van der Waals surface area contributed by atoms with Crippen molar-refractivity contribution in [1.29, 1.82) is 0 Å².